The first-order chi connectivity index (χ1) is 10.9. The van der Waals surface area contributed by atoms with Crippen LogP contribution in [0.25, 0.3) is 0 Å². The van der Waals surface area contributed by atoms with Crippen LogP contribution >= 0.6 is 46.4 Å². The normalized spacial score (nSPS) is 26.3. The van der Waals surface area contributed by atoms with Crippen molar-refractivity contribution in [1.29, 1.82) is 0 Å². The highest BCUT2D eigenvalue weighted by molar-refractivity contribution is 6.34. The topological polar surface area (TPSA) is 21.9 Å². The highest BCUT2D eigenvalue weighted by Gasteiger charge is 2.67. The van der Waals surface area contributed by atoms with Crippen molar-refractivity contribution in [3.8, 4) is 0 Å². The van der Waals surface area contributed by atoms with Gasteiger partial charge in [0.15, 0.2) is 0 Å². The van der Waals surface area contributed by atoms with Crippen molar-refractivity contribution >= 4 is 46.4 Å². The lowest BCUT2D eigenvalue weighted by Gasteiger charge is -2.24. The molecule has 0 saturated carbocycles. The molecule has 2 unspecified atom stereocenters. The monoisotopic (exact) mass is 387 g/mol. The van der Waals surface area contributed by atoms with E-state index in [0.29, 0.717) is 20.1 Å². The molecule has 0 aromatic heterocycles. The zero-order valence-corrected chi connectivity index (χ0v) is 15.9. The Morgan fingerprint density at radius 2 is 1.13 bits per heavy atom. The first-order valence-corrected chi connectivity index (χ1v) is 9.12. The second-order valence-electron chi connectivity index (χ2n) is 5.89. The van der Waals surface area contributed by atoms with Gasteiger partial charge in [0, 0.05) is 20.1 Å². The van der Waals surface area contributed by atoms with Crippen molar-refractivity contribution in [2.45, 2.75) is 37.8 Å². The van der Waals surface area contributed by atoms with Gasteiger partial charge in [0.05, 0.1) is 11.1 Å². The second-order valence-corrected chi connectivity index (χ2v) is 7.58. The number of rotatable bonds is 4. The smallest absolute Gasteiger partial charge is 0.0682 e. The maximum Gasteiger partial charge on any atom is 0.0682 e. The van der Waals surface area contributed by atoms with Gasteiger partial charge in [0.2, 0.25) is 0 Å². The summed E-state index contributed by atoms with van der Waals surface area (Å²) in [7, 11) is 0. The quantitative estimate of drug-likeness (QED) is 0.570. The predicted molar refractivity (Wildman–Crippen MR) is 100.0 cm³/mol. The Balaban J connectivity index is 2.19. The van der Waals surface area contributed by atoms with E-state index >= 15 is 0 Å². The molecule has 0 radical (unpaired) electrons. The maximum atomic E-state index is 6.48. The van der Waals surface area contributed by atoms with E-state index in [9.17, 15) is 0 Å². The van der Waals surface area contributed by atoms with E-state index in [0.717, 1.165) is 24.0 Å². The molecular formula is C18H17Cl4N. The zero-order chi connectivity index (χ0) is 16.8. The molecule has 122 valence electrons. The molecule has 0 amide bonds. The van der Waals surface area contributed by atoms with Crippen molar-refractivity contribution < 1.29 is 0 Å². The molecule has 0 bridgehead atoms. The van der Waals surface area contributed by atoms with Gasteiger partial charge in [-0.2, -0.15) is 0 Å². The molecule has 2 aromatic rings. The highest BCUT2D eigenvalue weighted by atomic mass is 35.5. The second kappa shape index (κ2) is 6.13. The third-order valence-electron chi connectivity index (χ3n) is 4.93. The van der Waals surface area contributed by atoms with Crippen LogP contribution in [0.15, 0.2) is 36.4 Å². The van der Waals surface area contributed by atoms with Crippen molar-refractivity contribution in [3.63, 3.8) is 0 Å². The first-order valence-electron chi connectivity index (χ1n) is 7.60. The van der Waals surface area contributed by atoms with E-state index in [2.05, 4.69) is 19.2 Å². The largest absolute Gasteiger partial charge is 0.294 e. The van der Waals surface area contributed by atoms with Crippen LogP contribution in [0.5, 0.6) is 0 Å². The summed E-state index contributed by atoms with van der Waals surface area (Å²) in [5, 5.41) is 6.44. The van der Waals surface area contributed by atoms with Crippen LogP contribution in [0.1, 0.15) is 37.8 Å². The Morgan fingerprint density at radius 3 is 1.48 bits per heavy atom. The summed E-state index contributed by atoms with van der Waals surface area (Å²) < 4.78 is 0. The van der Waals surface area contributed by atoms with Gasteiger partial charge in [-0.25, -0.2) is 0 Å². The lowest BCUT2D eigenvalue weighted by molar-refractivity contribution is 0.507. The van der Waals surface area contributed by atoms with Gasteiger partial charge in [0.25, 0.3) is 0 Å². The summed E-state index contributed by atoms with van der Waals surface area (Å²) in [4.78, 5) is 0. The summed E-state index contributed by atoms with van der Waals surface area (Å²) >= 11 is 25.4. The third kappa shape index (κ3) is 2.58. The zero-order valence-electron chi connectivity index (χ0n) is 12.9. The van der Waals surface area contributed by atoms with E-state index in [1.807, 2.05) is 24.3 Å². The van der Waals surface area contributed by atoms with Crippen LogP contribution < -0.4 is 5.32 Å². The number of benzene rings is 2. The molecule has 2 aromatic carbocycles. The standard InChI is InChI=1S/C18H17Cl4N/c1-3-17(13-9-11(19)5-7-15(13)21)18(4-2,23-17)14-10-12(20)6-8-16(14)22/h5-10,23H,3-4H2,1-2H3. The molecule has 0 aliphatic carbocycles. The lowest BCUT2D eigenvalue weighted by atomic mass is 9.78. The van der Waals surface area contributed by atoms with Crippen molar-refractivity contribution in [2.75, 3.05) is 0 Å². The fourth-order valence-electron chi connectivity index (χ4n) is 3.74. The highest BCUT2D eigenvalue weighted by Crippen LogP contribution is 2.61. The van der Waals surface area contributed by atoms with Gasteiger partial charge in [-0.1, -0.05) is 60.3 Å². The average molecular weight is 389 g/mol. The Bertz CT molecular complexity index is 697. The summed E-state index contributed by atoms with van der Waals surface area (Å²) in [6.07, 6.45) is 1.73. The van der Waals surface area contributed by atoms with Crippen molar-refractivity contribution in [3.05, 3.63) is 67.6 Å². The van der Waals surface area contributed by atoms with Crippen LogP contribution in [0.2, 0.25) is 20.1 Å². The molecule has 3 rings (SSSR count). The van der Waals surface area contributed by atoms with Crippen LogP contribution in [-0.2, 0) is 11.1 Å². The molecule has 1 N–H and O–H groups in total. The van der Waals surface area contributed by atoms with Crippen LogP contribution in [0, 0.1) is 0 Å². The maximum absolute atomic E-state index is 6.48. The Hall–Kier alpha value is -0.440. The summed E-state index contributed by atoms with van der Waals surface area (Å²) in [6.45, 7) is 4.28. The molecule has 23 heavy (non-hydrogen) atoms. The minimum atomic E-state index is -0.294. The van der Waals surface area contributed by atoms with Gasteiger partial charge >= 0.3 is 0 Å². The molecule has 1 aliphatic rings. The van der Waals surface area contributed by atoms with Gasteiger partial charge in [-0.15, -0.1) is 0 Å². The van der Waals surface area contributed by atoms with Gasteiger partial charge in [-0.05, 0) is 60.4 Å². The molecule has 1 saturated heterocycles. The SMILES string of the molecule is CCC1(c2cc(Cl)ccc2Cl)NC1(CC)c1cc(Cl)ccc1Cl. The molecule has 1 heterocycles. The third-order valence-corrected chi connectivity index (χ3v) is 6.06. The summed E-state index contributed by atoms with van der Waals surface area (Å²) in [6, 6.07) is 11.2. The van der Waals surface area contributed by atoms with E-state index in [1.54, 1.807) is 12.1 Å². The Labute approximate surface area is 156 Å². The number of halogens is 4. The van der Waals surface area contributed by atoms with Gasteiger partial charge < -0.3 is 0 Å². The number of hydrogen-bond acceptors (Lipinski definition) is 1. The Kier molecular flexibility index (Phi) is 4.63. The average Bonchev–Trinajstić information content (AvgIpc) is 3.22. The van der Waals surface area contributed by atoms with Crippen LogP contribution in [0.3, 0.4) is 0 Å². The molecular weight excluding hydrogens is 372 g/mol. The van der Waals surface area contributed by atoms with Crippen LogP contribution in [-0.4, -0.2) is 0 Å². The number of hydrogen-bond donors (Lipinski definition) is 1. The fraction of sp³-hybridized carbons (Fsp3) is 0.333. The van der Waals surface area contributed by atoms with Gasteiger partial charge in [-0.3, -0.25) is 5.32 Å². The molecule has 0 spiro atoms. The molecule has 1 fully saturated rings. The molecule has 2 atom stereocenters. The lowest BCUT2D eigenvalue weighted by Crippen LogP contribution is -2.22. The van der Waals surface area contributed by atoms with Crippen molar-refractivity contribution in [1.82, 2.24) is 5.32 Å². The van der Waals surface area contributed by atoms with Crippen LogP contribution in [0.4, 0.5) is 0 Å². The van der Waals surface area contributed by atoms with E-state index in [-0.39, 0.29) is 11.1 Å². The molecule has 5 heteroatoms. The van der Waals surface area contributed by atoms with E-state index < -0.39 is 0 Å². The molecule has 1 nitrogen and oxygen atoms in total. The minimum Gasteiger partial charge on any atom is -0.294 e. The fourth-order valence-corrected chi connectivity index (χ4v) is 4.64. The Morgan fingerprint density at radius 1 is 0.739 bits per heavy atom. The van der Waals surface area contributed by atoms with E-state index in [4.69, 9.17) is 46.4 Å². The van der Waals surface area contributed by atoms with Gasteiger partial charge in [0.1, 0.15) is 0 Å². The summed E-state index contributed by atoms with van der Waals surface area (Å²) in [5.74, 6) is 0. The summed E-state index contributed by atoms with van der Waals surface area (Å²) in [5.41, 5.74) is 1.43. The predicted octanol–water partition coefficient (Wildman–Crippen LogP) is 6.81. The number of nitrogens with one attached hydrogen (secondary N) is 1. The molecule has 1 aliphatic heterocycles. The minimum absolute atomic E-state index is 0.294. The van der Waals surface area contributed by atoms with E-state index in [1.165, 1.54) is 0 Å². The van der Waals surface area contributed by atoms with Crippen molar-refractivity contribution in [2.24, 2.45) is 0 Å². The first kappa shape index (κ1) is 17.4.